The van der Waals surface area contributed by atoms with Gasteiger partial charge in [0.25, 0.3) is 0 Å². The first kappa shape index (κ1) is 9.69. The summed E-state index contributed by atoms with van der Waals surface area (Å²) in [6.07, 6.45) is 2.43. The van der Waals surface area contributed by atoms with Gasteiger partial charge >= 0.3 is 0 Å². The second-order valence-corrected chi connectivity index (χ2v) is 3.78. The number of nitrogens with one attached hydrogen (secondary N) is 1. The van der Waals surface area contributed by atoms with E-state index in [-0.39, 0.29) is 0 Å². The van der Waals surface area contributed by atoms with E-state index in [4.69, 9.17) is 4.74 Å². The van der Waals surface area contributed by atoms with Crippen molar-refractivity contribution in [2.24, 2.45) is 0 Å². The van der Waals surface area contributed by atoms with Gasteiger partial charge in [0.1, 0.15) is 0 Å². The van der Waals surface area contributed by atoms with Gasteiger partial charge < -0.3 is 10.1 Å². The molecule has 0 amide bonds. The fourth-order valence-electron chi connectivity index (χ4n) is 1.76. The first-order valence-electron chi connectivity index (χ1n) is 5.30. The molecular formula is C12H17NO. The Morgan fingerprint density at radius 2 is 2.14 bits per heavy atom. The summed E-state index contributed by atoms with van der Waals surface area (Å²) in [6, 6.07) is 11.0. The molecule has 1 aliphatic heterocycles. The number of ether oxygens (including phenoxy) is 1. The van der Waals surface area contributed by atoms with Crippen LogP contribution >= 0.6 is 0 Å². The van der Waals surface area contributed by atoms with Gasteiger partial charge in [-0.15, -0.1) is 0 Å². The van der Waals surface area contributed by atoms with Crippen molar-refractivity contribution < 1.29 is 4.74 Å². The average Bonchev–Trinajstić information content (AvgIpc) is 2.29. The summed E-state index contributed by atoms with van der Waals surface area (Å²) in [5.74, 6) is 0. The van der Waals surface area contributed by atoms with Crippen molar-refractivity contribution >= 4 is 0 Å². The molecule has 0 bridgehead atoms. The predicted molar refractivity (Wildman–Crippen MR) is 57.1 cm³/mol. The molecule has 0 spiro atoms. The minimum absolute atomic E-state index is 0.545. The van der Waals surface area contributed by atoms with Crippen molar-refractivity contribution in [2.75, 3.05) is 13.2 Å². The molecule has 0 radical (unpaired) electrons. The van der Waals surface area contributed by atoms with Gasteiger partial charge in [-0.3, -0.25) is 0 Å². The van der Waals surface area contributed by atoms with E-state index in [1.165, 1.54) is 18.4 Å². The highest BCUT2D eigenvalue weighted by Gasteiger charge is 2.12. The van der Waals surface area contributed by atoms with Crippen LogP contribution in [-0.2, 0) is 11.3 Å². The van der Waals surface area contributed by atoms with Crippen LogP contribution in [0.3, 0.4) is 0 Å². The van der Waals surface area contributed by atoms with Gasteiger partial charge in [0.2, 0.25) is 0 Å². The average molecular weight is 191 g/mol. The Bertz CT molecular complexity index is 254. The van der Waals surface area contributed by atoms with E-state index in [1.54, 1.807) is 0 Å². The highest BCUT2D eigenvalue weighted by Crippen LogP contribution is 2.07. The van der Waals surface area contributed by atoms with Gasteiger partial charge in [0, 0.05) is 19.2 Å². The van der Waals surface area contributed by atoms with Gasteiger partial charge in [-0.2, -0.15) is 0 Å². The topological polar surface area (TPSA) is 21.3 Å². The van der Waals surface area contributed by atoms with E-state index in [0.717, 1.165) is 19.8 Å². The lowest BCUT2D eigenvalue weighted by atomic mass is 10.1. The van der Waals surface area contributed by atoms with Crippen LogP contribution in [0.15, 0.2) is 30.3 Å². The maximum Gasteiger partial charge on any atom is 0.0619 e. The van der Waals surface area contributed by atoms with Crippen molar-refractivity contribution in [1.82, 2.24) is 5.32 Å². The lowest BCUT2D eigenvalue weighted by molar-refractivity contribution is 0.0699. The van der Waals surface area contributed by atoms with E-state index in [1.807, 2.05) is 6.07 Å². The highest BCUT2D eigenvalue weighted by atomic mass is 16.5. The second kappa shape index (κ2) is 5.13. The molecule has 2 nitrogen and oxygen atoms in total. The minimum atomic E-state index is 0.545. The Balaban J connectivity index is 1.76. The number of hydrogen-bond acceptors (Lipinski definition) is 2. The van der Waals surface area contributed by atoms with Crippen LogP contribution in [-0.4, -0.2) is 19.3 Å². The lowest BCUT2D eigenvalue weighted by Gasteiger charge is -2.23. The van der Waals surface area contributed by atoms with Crippen LogP contribution in [0.25, 0.3) is 0 Å². The quantitative estimate of drug-likeness (QED) is 0.788. The first-order valence-corrected chi connectivity index (χ1v) is 5.30. The first-order chi connectivity index (χ1) is 6.95. The molecule has 0 saturated carbocycles. The summed E-state index contributed by atoms with van der Waals surface area (Å²) in [5.41, 5.74) is 1.35. The third kappa shape index (κ3) is 2.82. The molecular weight excluding hydrogens is 174 g/mol. The molecule has 0 aliphatic carbocycles. The van der Waals surface area contributed by atoms with E-state index in [2.05, 4.69) is 29.6 Å². The summed E-state index contributed by atoms with van der Waals surface area (Å²) in [5, 5.41) is 3.51. The number of benzene rings is 1. The summed E-state index contributed by atoms with van der Waals surface area (Å²) in [7, 11) is 0. The van der Waals surface area contributed by atoms with Gasteiger partial charge in [0.15, 0.2) is 0 Å². The summed E-state index contributed by atoms with van der Waals surface area (Å²) >= 11 is 0. The second-order valence-electron chi connectivity index (χ2n) is 3.78. The van der Waals surface area contributed by atoms with E-state index in [9.17, 15) is 0 Å². The number of hydrogen-bond donors (Lipinski definition) is 1. The van der Waals surface area contributed by atoms with Crippen molar-refractivity contribution in [1.29, 1.82) is 0 Å². The van der Waals surface area contributed by atoms with Crippen LogP contribution in [0.2, 0.25) is 0 Å². The predicted octanol–water partition coefficient (Wildman–Crippen LogP) is 1.96. The Labute approximate surface area is 85.3 Å². The van der Waals surface area contributed by atoms with Crippen LogP contribution in [0.5, 0.6) is 0 Å². The lowest BCUT2D eigenvalue weighted by Crippen LogP contribution is -2.36. The van der Waals surface area contributed by atoms with Crippen LogP contribution in [0, 0.1) is 0 Å². The van der Waals surface area contributed by atoms with Crippen molar-refractivity contribution in [2.45, 2.75) is 25.4 Å². The normalized spacial score (nSPS) is 22.1. The number of rotatable bonds is 3. The molecule has 14 heavy (non-hydrogen) atoms. The summed E-state index contributed by atoms with van der Waals surface area (Å²) in [6.45, 7) is 2.76. The summed E-state index contributed by atoms with van der Waals surface area (Å²) in [4.78, 5) is 0. The van der Waals surface area contributed by atoms with Crippen LogP contribution < -0.4 is 5.32 Å². The largest absolute Gasteiger partial charge is 0.380 e. The van der Waals surface area contributed by atoms with E-state index in [0.29, 0.717) is 6.04 Å². The Morgan fingerprint density at radius 3 is 2.86 bits per heavy atom. The standard InChI is InChI=1S/C12H17NO/c1-2-5-11(6-3-1)9-13-12-7-4-8-14-10-12/h1-3,5-6,12-13H,4,7-10H2/t12-/m1/s1. The van der Waals surface area contributed by atoms with Crippen LogP contribution in [0.4, 0.5) is 0 Å². The third-order valence-corrected chi connectivity index (χ3v) is 2.60. The molecule has 1 aliphatic rings. The van der Waals surface area contributed by atoms with Crippen molar-refractivity contribution in [3.63, 3.8) is 0 Å². The van der Waals surface area contributed by atoms with Gasteiger partial charge in [0.05, 0.1) is 6.61 Å². The fourth-order valence-corrected chi connectivity index (χ4v) is 1.76. The zero-order valence-corrected chi connectivity index (χ0v) is 8.41. The van der Waals surface area contributed by atoms with E-state index < -0.39 is 0 Å². The maximum absolute atomic E-state index is 5.41. The van der Waals surface area contributed by atoms with Gasteiger partial charge in [-0.1, -0.05) is 30.3 Å². The zero-order valence-electron chi connectivity index (χ0n) is 8.41. The SMILES string of the molecule is c1ccc(CN[C@@H]2CCCOC2)cc1. The van der Waals surface area contributed by atoms with Crippen LogP contribution in [0.1, 0.15) is 18.4 Å². The monoisotopic (exact) mass is 191 g/mol. The fraction of sp³-hybridized carbons (Fsp3) is 0.500. The summed E-state index contributed by atoms with van der Waals surface area (Å²) < 4.78 is 5.41. The van der Waals surface area contributed by atoms with E-state index >= 15 is 0 Å². The molecule has 0 unspecified atom stereocenters. The smallest absolute Gasteiger partial charge is 0.0619 e. The molecule has 1 saturated heterocycles. The molecule has 1 N–H and O–H groups in total. The molecule has 1 atom stereocenters. The van der Waals surface area contributed by atoms with Crippen molar-refractivity contribution in [3.05, 3.63) is 35.9 Å². The molecule has 76 valence electrons. The Hall–Kier alpha value is -0.860. The minimum Gasteiger partial charge on any atom is -0.380 e. The molecule has 0 aromatic heterocycles. The molecule has 2 heteroatoms. The van der Waals surface area contributed by atoms with Gasteiger partial charge in [-0.05, 0) is 18.4 Å². The molecule has 1 heterocycles. The van der Waals surface area contributed by atoms with Gasteiger partial charge in [-0.25, -0.2) is 0 Å². The zero-order chi connectivity index (χ0) is 9.64. The molecule has 2 rings (SSSR count). The Morgan fingerprint density at radius 1 is 1.29 bits per heavy atom. The third-order valence-electron chi connectivity index (χ3n) is 2.60. The Kier molecular flexibility index (Phi) is 3.55. The molecule has 1 aromatic carbocycles. The molecule has 1 aromatic rings. The molecule has 1 fully saturated rings. The maximum atomic E-state index is 5.41. The highest BCUT2D eigenvalue weighted by molar-refractivity contribution is 5.14. The van der Waals surface area contributed by atoms with Crippen molar-refractivity contribution in [3.8, 4) is 0 Å².